The van der Waals surface area contributed by atoms with Crippen LogP contribution in [0.15, 0.2) is 36.5 Å². The molecular formula is C43H53N9O4S. The van der Waals surface area contributed by atoms with Gasteiger partial charge in [-0.05, 0) is 120 Å². The van der Waals surface area contributed by atoms with Crippen molar-refractivity contribution in [2.45, 2.75) is 91.2 Å². The maximum Gasteiger partial charge on any atom is 0.355 e. The van der Waals surface area contributed by atoms with Gasteiger partial charge in [0.25, 0.3) is 0 Å². The molecule has 4 saturated carbocycles. The zero-order valence-electron chi connectivity index (χ0n) is 34.1. The van der Waals surface area contributed by atoms with Gasteiger partial charge in [-0.2, -0.15) is 5.10 Å². The molecule has 1 aromatic carbocycles. The number of methoxy groups -OCH3 is 1. The van der Waals surface area contributed by atoms with E-state index < -0.39 is 5.97 Å². The Hall–Kier alpha value is -4.66. The van der Waals surface area contributed by atoms with E-state index in [4.69, 9.17) is 24.5 Å². The summed E-state index contributed by atoms with van der Waals surface area (Å²) in [6.45, 7) is 12.2. The summed E-state index contributed by atoms with van der Waals surface area (Å²) in [5, 5.41) is 28.9. The number of hydrogen-bond donors (Lipinski definition) is 2. The number of ether oxygens (including phenoxy) is 2. The predicted molar refractivity (Wildman–Crippen MR) is 222 cm³/mol. The van der Waals surface area contributed by atoms with E-state index in [0.29, 0.717) is 29.6 Å². The second-order valence-corrected chi connectivity index (χ2v) is 19.4. The van der Waals surface area contributed by atoms with Crippen LogP contribution in [0, 0.1) is 30.1 Å². The summed E-state index contributed by atoms with van der Waals surface area (Å²) in [7, 11) is 5.85. The van der Waals surface area contributed by atoms with E-state index in [1.165, 1.54) is 6.42 Å². The fourth-order valence-electron chi connectivity index (χ4n) is 11.9. The van der Waals surface area contributed by atoms with Crippen LogP contribution in [0.2, 0.25) is 0 Å². The lowest BCUT2D eigenvalue weighted by Crippen LogP contribution is -2.64. The van der Waals surface area contributed by atoms with Crippen LogP contribution in [-0.4, -0.2) is 92.4 Å². The summed E-state index contributed by atoms with van der Waals surface area (Å²) < 4.78 is 15.4. The lowest BCUT2D eigenvalue weighted by atomic mass is 9.39. The Kier molecular flexibility index (Phi) is 9.13. The highest BCUT2D eigenvalue weighted by Crippen LogP contribution is 2.72. The molecule has 13 nitrogen and oxygen atoms in total. The van der Waals surface area contributed by atoms with Crippen LogP contribution in [0.3, 0.4) is 0 Å². The number of aromatic nitrogens is 6. The maximum atomic E-state index is 12.9. The Balaban J connectivity index is 0.977. The summed E-state index contributed by atoms with van der Waals surface area (Å²) in [4.78, 5) is 26.6. The molecule has 300 valence electrons. The Morgan fingerprint density at radius 3 is 2.53 bits per heavy atom. The van der Waals surface area contributed by atoms with Crippen LogP contribution < -0.4 is 15.0 Å². The molecule has 0 saturated heterocycles. The molecule has 0 spiro atoms. The molecule has 2 atom stereocenters. The van der Waals surface area contributed by atoms with Crippen LogP contribution in [0.25, 0.3) is 21.3 Å². The molecule has 2 N–H and O–H groups in total. The number of carboxylic acids is 1. The zero-order chi connectivity index (χ0) is 39.9. The van der Waals surface area contributed by atoms with Crippen molar-refractivity contribution in [1.82, 2.24) is 34.8 Å². The molecule has 10 rings (SSSR count). The Morgan fingerprint density at radius 2 is 1.79 bits per heavy atom. The van der Waals surface area contributed by atoms with Gasteiger partial charge in [0.15, 0.2) is 22.5 Å². The second kappa shape index (κ2) is 13.7. The van der Waals surface area contributed by atoms with Gasteiger partial charge >= 0.3 is 5.97 Å². The lowest BCUT2D eigenvalue weighted by molar-refractivity contribution is -0.248. The summed E-state index contributed by atoms with van der Waals surface area (Å²) in [5.41, 5.74) is 5.64. The first-order valence-electron chi connectivity index (χ1n) is 20.1. The average Bonchev–Trinajstić information content (AvgIpc) is 3.71. The van der Waals surface area contributed by atoms with E-state index in [-0.39, 0.29) is 27.5 Å². The van der Waals surface area contributed by atoms with Gasteiger partial charge < -0.3 is 29.7 Å². The van der Waals surface area contributed by atoms with Crippen molar-refractivity contribution in [2.75, 3.05) is 51.1 Å². The molecule has 4 aliphatic carbocycles. The van der Waals surface area contributed by atoms with Crippen LogP contribution >= 0.6 is 11.3 Å². The summed E-state index contributed by atoms with van der Waals surface area (Å²) in [6.07, 6.45) is 10.4. The highest BCUT2D eigenvalue weighted by molar-refractivity contribution is 7.22. The van der Waals surface area contributed by atoms with Crippen molar-refractivity contribution < 1.29 is 19.4 Å². The van der Waals surface area contributed by atoms with Crippen LogP contribution in [0.1, 0.15) is 86.1 Å². The standard InChI is InChI=1S/C43H53N9O4S/c1-26-29-9-8-14-51(37(29)49-48-36(26)47-39-45-32-17-28(55-7)10-12-33(32)57-39)34-13-11-30(35(46-34)38(53)54)31-18-44-52(27(31)2)25-42-20-40(3)19-41(4,21-42)23-43(22-40,24-42)56-16-15-50(5)6/h10-13,17-18H,8-9,14-16,19-25H2,1-7H3,(H,53,54)(H,45,47,48). The zero-order valence-corrected chi connectivity index (χ0v) is 34.9. The number of likely N-dealkylation sites (N-methyl/N-ethyl adjacent to an activating group) is 1. The van der Waals surface area contributed by atoms with E-state index in [1.54, 1.807) is 18.4 Å². The minimum absolute atomic E-state index is 0.000722. The number of hydrogen-bond acceptors (Lipinski definition) is 12. The topological polar surface area (TPSA) is 144 Å². The Bertz CT molecular complexity index is 2370. The van der Waals surface area contributed by atoms with Gasteiger partial charge in [-0.15, -0.1) is 10.2 Å². The van der Waals surface area contributed by atoms with Gasteiger partial charge in [0.05, 0.1) is 35.7 Å². The number of nitrogens with zero attached hydrogens (tertiary/aromatic N) is 8. The monoisotopic (exact) mass is 791 g/mol. The smallest absolute Gasteiger partial charge is 0.355 e. The number of pyridine rings is 1. The minimum atomic E-state index is -1.08. The number of carbonyl (C=O) groups is 1. The first-order valence-corrected chi connectivity index (χ1v) is 20.9. The largest absolute Gasteiger partial charge is 0.497 e. The molecule has 4 bridgehead atoms. The van der Waals surface area contributed by atoms with Gasteiger partial charge in [-0.25, -0.2) is 14.8 Å². The van der Waals surface area contributed by atoms with Crippen LogP contribution in [-0.2, 0) is 17.7 Å². The summed E-state index contributed by atoms with van der Waals surface area (Å²) >= 11 is 1.54. The van der Waals surface area contributed by atoms with E-state index in [2.05, 4.69) is 60.0 Å². The van der Waals surface area contributed by atoms with Crippen molar-refractivity contribution >= 4 is 50.1 Å². The second-order valence-electron chi connectivity index (χ2n) is 18.4. The van der Waals surface area contributed by atoms with E-state index in [9.17, 15) is 9.90 Å². The molecule has 4 fully saturated rings. The third-order valence-electron chi connectivity index (χ3n) is 13.0. The van der Waals surface area contributed by atoms with Crippen LogP contribution in [0.5, 0.6) is 5.75 Å². The highest BCUT2D eigenvalue weighted by Gasteiger charge is 2.66. The van der Waals surface area contributed by atoms with Gasteiger partial charge in [0.2, 0.25) is 0 Å². The number of aromatic carboxylic acids is 1. The molecule has 1 aliphatic heterocycles. The molecule has 57 heavy (non-hydrogen) atoms. The van der Waals surface area contributed by atoms with Gasteiger partial charge in [-0.3, -0.25) is 4.68 Å². The predicted octanol–water partition coefficient (Wildman–Crippen LogP) is 8.19. The third kappa shape index (κ3) is 6.82. The number of fused-ring (bicyclic) bond motifs is 2. The molecular weight excluding hydrogens is 739 g/mol. The fraction of sp³-hybridized carbons (Fsp3) is 0.535. The quantitative estimate of drug-likeness (QED) is 0.126. The minimum Gasteiger partial charge on any atom is -0.497 e. The molecule has 14 heteroatoms. The van der Waals surface area contributed by atoms with Crippen molar-refractivity contribution in [1.29, 1.82) is 0 Å². The lowest BCUT2D eigenvalue weighted by Gasteiger charge is -2.69. The van der Waals surface area contributed by atoms with E-state index in [0.717, 1.165) is 108 Å². The van der Waals surface area contributed by atoms with Crippen molar-refractivity contribution in [3.05, 3.63) is 59.0 Å². The molecule has 5 heterocycles. The summed E-state index contributed by atoms with van der Waals surface area (Å²) in [6, 6.07) is 9.63. The highest BCUT2D eigenvalue weighted by atomic mass is 32.1. The molecule has 5 aromatic rings. The molecule has 5 aliphatic rings. The number of carboxylic acid groups (broad SMARTS) is 1. The third-order valence-corrected chi connectivity index (χ3v) is 14.0. The van der Waals surface area contributed by atoms with Gasteiger partial charge in [0.1, 0.15) is 11.6 Å². The normalized spacial score (nSPS) is 26.4. The van der Waals surface area contributed by atoms with E-state index >= 15 is 0 Å². The molecule has 4 aromatic heterocycles. The summed E-state index contributed by atoms with van der Waals surface area (Å²) in [5.74, 6) is 1.55. The Labute approximate surface area is 337 Å². The molecule has 0 radical (unpaired) electrons. The average molecular weight is 792 g/mol. The first kappa shape index (κ1) is 37.9. The Morgan fingerprint density at radius 1 is 1.00 bits per heavy atom. The van der Waals surface area contributed by atoms with Crippen molar-refractivity contribution in [3.63, 3.8) is 0 Å². The first-order chi connectivity index (χ1) is 27.2. The SMILES string of the molecule is COc1ccc2sc(Nc3nnc4c(c3C)CCCN4c3ccc(-c4cnn(CC56CC7(C)CC(C)(C5)CC(OCCN(C)C)(C7)C6)c4C)c(C(=O)O)n3)nc2c1. The number of thiazole rings is 1. The van der Waals surface area contributed by atoms with Crippen LogP contribution in [0.4, 0.5) is 22.6 Å². The van der Waals surface area contributed by atoms with Crippen molar-refractivity contribution in [2.24, 2.45) is 16.2 Å². The van der Waals surface area contributed by atoms with Gasteiger partial charge in [-0.1, -0.05) is 25.2 Å². The fourth-order valence-corrected chi connectivity index (χ4v) is 12.7. The number of anilines is 4. The van der Waals surface area contributed by atoms with E-state index in [1.807, 2.05) is 48.4 Å². The maximum absolute atomic E-state index is 12.9. The van der Waals surface area contributed by atoms with Gasteiger partial charge in [0, 0.05) is 53.6 Å². The number of benzene rings is 1. The number of rotatable bonds is 12. The molecule has 2 unspecified atom stereocenters. The van der Waals surface area contributed by atoms with Crippen molar-refractivity contribution in [3.8, 4) is 16.9 Å². The molecule has 0 amide bonds. The number of nitrogens with one attached hydrogen (secondary N) is 1.